The SMILES string of the molecule is C[Si](C)(C)CCOCn1nc(I)c2cnc(Oc3ccc(F)cc3F)nc21.Cl.Fc1ccc(Oc2ncc3c(I)[nH]nc3n2)c(F)c1. The van der Waals surface area contributed by atoms with E-state index in [2.05, 4.69) is 100 Å². The molecule has 0 saturated heterocycles. The van der Waals surface area contributed by atoms with Crippen molar-refractivity contribution in [3.63, 3.8) is 0 Å². The van der Waals surface area contributed by atoms with Gasteiger partial charge >= 0.3 is 12.0 Å². The third-order valence-electron chi connectivity index (χ3n) is 6.07. The first-order valence-corrected chi connectivity index (χ1v) is 19.3. The van der Waals surface area contributed by atoms with Crippen LogP contribution in [0.2, 0.25) is 25.7 Å². The topological polar surface area (TPSA) is 126 Å². The Morgan fingerprint density at radius 2 is 1.40 bits per heavy atom. The second-order valence-corrected chi connectivity index (χ2v) is 18.5. The van der Waals surface area contributed by atoms with Crippen LogP contribution < -0.4 is 9.47 Å². The van der Waals surface area contributed by atoms with Crippen molar-refractivity contribution in [1.82, 2.24) is 39.9 Å². The van der Waals surface area contributed by atoms with Crippen molar-refractivity contribution >= 4 is 87.7 Å². The van der Waals surface area contributed by atoms with Crippen LogP contribution in [0.5, 0.6) is 23.5 Å². The van der Waals surface area contributed by atoms with E-state index >= 15 is 0 Å². The van der Waals surface area contributed by atoms with Gasteiger partial charge in [-0.3, -0.25) is 5.10 Å². The van der Waals surface area contributed by atoms with E-state index in [-0.39, 0.29) is 42.7 Å². The predicted octanol–water partition coefficient (Wildman–Crippen LogP) is 8.26. The number of aromatic nitrogens is 8. The van der Waals surface area contributed by atoms with Gasteiger partial charge in [0.25, 0.3) is 0 Å². The Labute approximate surface area is 299 Å². The molecular weight excluding hydrogens is 890 g/mol. The summed E-state index contributed by atoms with van der Waals surface area (Å²) in [6.07, 6.45) is 3.08. The number of nitrogens with zero attached hydrogens (tertiary/aromatic N) is 7. The van der Waals surface area contributed by atoms with Gasteiger partial charge in [0.05, 0.1) is 10.8 Å². The number of hydrogen-bond acceptors (Lipinski definition) is 9. The van der Waals surface area contributed by atoms with Crippen LogP contribution in [0, 0.1) is 30.7 Å². The summed E-state index contributed by atoms with van der Waals surface area (Å²) in [4.78, 5) is 16.3. The summed E-state index contributed by atoms with van der Waals surface area (Å²) in [7, 11) is -1.17. The Kier molecular flexibility index (Phi) is 12.3. The highest BCUT2D eigenvalue weighted by atomic mass is 127. The van der Waals surface area contributed by atoms with E-state index < -0.39 is 31.3 Å². The maximum absolute atomic E-state index is 13.8. The molecule has 0 fully saturated rings. The van der Waals surface area contributed by atoms with E-state index in [4.69, 9.17) is 14.2 Å². The van der Waals surface area contributed by atoms with Crippen molar-refractivity contribution in [3.05, 3.63) is 79.5 Å². The fourth-order valence-corrected chi connectivity index (χ4v) is 5.60. The zero-order chi connectivity index (χ0) is 33.0. The van der Waals surface area contributed by atoms with Gasteiger partial charge in [0.15, 0.2) is 34.4 Å². The number of rotatable bonds is 9. The normalized spacial score (nSPS) is 11.3. The minimum atomic E-state index is -1.17. The van der Waals surface area contributed by atoms with Crippen LogP contribution in [0.1, 0.15) is 0 Å². The molecule has 0 aliphatic carbocycles. The predicted molar refractivity (Wildman–Crippen MR) is 187 cm³/mol. The molecule has 4 aromatic heterocycles. The number of H-pyrrole nitrogens is 1. The highest BCUT2D eigenvalue weighted by Gasteiger charge is 2.16. The Balaban J connectivity index is 0.000000220. The molecular formula is C28H25ClF4I2N8O3Si. The summed E-state index contributed by atoms with van der Waals surface area (Å²) in [5.41, 5.74) is 0.942. The van der Waals surface area contributed by atoms with E-state index in [0.717, 1.165) is 48.5 Å². The van der Waals surface area contributed by atoms with Crippen LogP contribution in [-0.2, 0) is 11.5 Å². The highest BCUT2D eigenvalue weighted by Crippen LogP contribution is 2.26. The van der Waals surface area contributed by atoms with Gasteiger partial charge in [0.2, 0.25) is 0 Å². The number of halogens is 7. The Morgan fingerprint density at radius 3 is 1.98 bits per heavy atom. The van der Waals surface area contributed by atoms with Crippen molar-refractivity contribution in [2.75, 3.05) is 6.61 Å². The maximum atomic E-state index is 13.8. The summed E-state index contributed by atoms with van der Waals surface area (Å²) >= 11 is 4.15. The quantitative estimate of drug-likeness (QED) is 0.0661. The van der Waals surface area contributed by atoms with Crippen molar-refractivity contribution in [3.8, 4) is 23.5 Å². The second-order valence-electron chi connectivity index (χ2n) is 10.8. The number of ether oxygens (including phenoxy) is 3. The van der Waals surface area contributed by atoms with Crippen molar-refractivity contribution in [2.45, 2.75) is 32.4 Å². The molecule has 0 saturated carbocycles. The zero-order valence-electron chi connectivity index (χ0n) is 24.8. The third-order valence-corrected chi connectivity index (χ3v) is 9.39. The first-order chi connectivity index (χ1) is 21.9. The van der Waals surface area contributed by atoms with E-state index in [1.807, 2.05) is 0 Å². The summed E-state index contributed by atoms with van der Waals surface area (Å²) in [5, 5.41) is 12.6. The largest absolute Gasteiger partial charge is 0.421 e. The Morgan fingerprint density at radius 1 is 0.830 bits per heavy atom. The van der Waals surface area contributed by atoms with Crippen LogP contribution in [0.15, 0.2) is 48.8 Å². The average Bonchev–Trinajstić information content (AvgIpc) is 3.52. The van der Waals surface area contributed by atoms with E-state index in [0.29, 0.717) is 17.9 Å². The summed E-state index contributed by atoms with van der Waals surface area (Å²) in [6, 6.07) is 6.99. The third kappa shape index (κ3) is 9.67. The van der Waals surface area contributed by atoms with Crippen molar-refractivity contribution < 1.29 is 31.8 Å². The van der Waals surface area contributed by atoms with Gasteiger partial charge in [-0.1, -0.05) is 19.6 Å². The minimum Gasteiger partial charge on any atom is -0.421 e. The lowest BCUT2D eigenvalue weighted by molar-refractivity contribution is 0.0809. The van der Waals surface area contributed by atoms with Crippen LogP contribution in [0.3, 0.4) is 0 Å². The number of nitrogens with one attached hydrogen (secondary N) is 1. The maximum Gasteiger partial charge on any atom is 0.324 e. The van der Waals surface area contributed by atoms with Crippen molar-refractivity contribution in [2.24, 2.45) is 0 Å². The standard InChI is InChI=1S/C17H19F2IN4O2Si.C11H5F2IN4O.ClH/c1-27(2,3)7-6-25-10-24-16-12(15(20)23-24)9-21-17(22-16)26-14-5-4-11(18)8-13(14)19;12-5-1-2-8(7(13)3-5)19-11-15-4-6-9(14)17-18-10(6)16-11;/h4-5,8-9H,6-7,10H2,1-3H3;1-4H,(H,15,16,17,18);1H. The molecule has 47 heavy (non-hydrogen) atoms. The Hall–Kier alpha value is -3.21. The lowest BCUT2D eigenvalue weighted by Gasteiger charge is -2.15. The van der Waals surface area contributed by atoms with Gasteiger partial charge < -0.3 is 14.2 Å². The monoisotopic (exact) mass is 914 g/mol. The van der Waals surface area contributed by atoms with Crippen LogP contribution in [-0.4, -0.2) is 54.6 Å². The fourth-order valence-electron chi connectivity index (χ4n) is 3.70. The molecule has 2 aromatic carbocycles. The minimum absolute atomic E-state index is 0. The lowest BCUT2D eigenvalue weighted by atomic mass is 10.3. The molecule has 0 aliphatic heterocycles. The molecule has 0 radical (unpaired) electrons. The van der Waals surface area contributed by atoms with Crippen LogP contribution in [0.25, 0.3) is 22.1 Å². The smallest absolute Gasteiger partial charge is 0.324 e. The fraction of sp³-hybridized carbons (Fsp3) is 0.214. The van der Waals surface area contributed by atoms with E-state index in [1.165, 1.54) is 18.3 Å². The summed E-state index contributed by atoms with van der Waals surface area (Å²) < 4.78 is 72.4. The molecule has 0 spiro atoms. The van der Waals surface area contributed by atoms with Gasteiger partial charge in [0, 0.05) is 39.2 Å². The van der Waals surface area contributed by atoms with Crippen LogP contribution in [0.4, 0.5) is 17.6 Å². The van der Waals surface area contributed by atoms with Crippen molar-refractivity contribution in [1.29, 1.82) is 0 Å². The van der Waals surface area contributed by atoms with Gasteiger partial charge in [-0.15, -0.1) is 12.4 Å². The molecule has 1 N–H and O–H groups in total. The number of aromatic amines is 1. The van der Waals surface area contributed by atoms with Gasteiger partial charge in [-0.25, -0.2) is 32.2 Å². The van der Waals surface area contributed by atoms with Gasteiger partial charge in [-0.05, 0) is 75.5 Å². The average molecular weight is 915 g/mol. The number of hydrogen-bond donors (Lipinski definition) is 1. The first-order valence-electron chi connectivity index (χ1n) is 13.5. The molecule has 0 aliphatic rings. The summed E-state index contributed by atoms with van der Waals surface area (Å²) in [5.74, 6) is -3.30. The number of benzene rings is 2. The van der Waals surface area contributed by atoms with Gasteiger partial charge in [0.1, 0.15) is 25.8 Å². The molecule has 0 amide bonds. The molecule has 0 unspecified atom stereocenters. The zero-order valence-corrected chi connectivity index (χ0v) is 30.9. The lowest BCUT2D eigenvalue weighted by Crippen LogP contribution is -2.22. The van der Waals surface area contributed by atoms with Crippen LogP contribution >= 0.6 is 57.6 Å². The van der Waals surface area contributed by atoms with E-state index in [9.17, 15) is 17.6 Å². The van der Waals surface area contributed by atoms with E-state index in [1.54, 1.807) is 10.9 Å². The van der Waals surface area contributed by atoms with Gasteiger partial charge in [-0.2, -0.15) is 20.2 Å². The highest BCUT2D eigenvalue weighted by molar-refractivity contribution is 14.1. The Bertz CT molecular complexity index is 2010. The molecule has 4 heterocycles. The molecule has 6 rings (SSSR count). The molecule has 0 atom stereocenters. The molecule has 11 nitrogen and oxygen atoms in total. The molecule has 248 valence electrons. The molecule has 0 bridgehead atoms. The second kappa shape index (κ2) is 15.8. The molecule has 6 aromatic rings. The first kappa shape index (κ1) is 36.6. The summed E-state index contributed by atoms with van der Waals surface area (Å²) in [6.45, 7) is 7.77. The number of fused-ring (bicyclic) bond motifs is 2. The molecule has 19 heteroatoms.